The molecule has 6 N–H and O–H groups in total. The Labute approximate surface area is 224 Å². The number of nitrogens with one attached hydrogen (secondary N) is 3. The second kappa shape index (κ2) is 11.3. The predicted octanol–water partition coefficient (Wildman–Crippen LogP) is 0.555. The van der Waals surface area contributed by atoms with Crippen molar-refractivity contribution in [2.24, 2.45) is 5.73 Å². The Kier molecular flexibility index (Phi) is 7.64. The Balaban J connectivity index is 1.37. The topological polar surface area (TPSA) is 178 Å². The first-order valence-corrected chi connectivity index (χ1v) is 13.3. The maximum Gasteiger partial charge on any atom is 0.326 e. The molecule has 39 heavy (non-hydrogen) atoms. The number of para-hydroxylation sites is 1. The van der Waals surface area contributed by atoms with Crippen LogP contribution >= 0.6 is 0 Å². The van der Waals surface area contributed by atoms with E-state index in [1.165, 1.54) is 16.1 Å². The predicted molar refractivity (Wildman–Crippen MR) is 141 cm³/mol. The van der Waals surface area contributed by atoms with Crippen molar-refractivity contribution >= 4 is 34.6 Å². The number of nitrogens with two attached hydrogens (primary N) is 1. The van der Waals surface area contributed by atoms with Crippen LogP contribution in [0.2, 0.25) is 0 Å². The molecule has 2 aliphatic rings. The van der Waals surface area contributed by atoms with Crippen molar-refractivity contribution in [2.45, 2.75) is 62.7 Å². The zero-order chi connectivity index (χ0) is 27.5. The molecular weight excluding hydrogens is 502 g/mol. The largest absolute Gasteiger partial charge is 0.480 e. The van der Waals surface area contributed by atoms with Gasteiger partial charge in [0.05, 0.1) is 12.4 Å². The van der Waals surface area contributed by atoms with Crippen molar-refractivity contribution in [2.75, 3.05) is 13.1 Å². The number of benzene rings is 1. The Morgan fingerprint density at radius 3 is 2.54 bits per heavy atom. The summed E-state index contributed by atoms with van der Waals surface area (Å²) in [4.78, 5) is 65.2. The molecule has 4 unspecified atom stereocenters. The fourth-order valence-corrected chi connectivity index (χ4v) is 5.69. The van der Waals surface area contributed by atoms with Crippen LogP contribution in [-0.2, 0) is 32.0 Å². The highest BCUT2D eigenvalue weighted by Crippen LogP contribution is 2.27. The molecule has 2 fully saturated rings. The number of hydrogen-bond acceptors (Lipinski definition) is 6. The third kappa shape index (κ3) is 5.51. The van der Waals surface area contributed by atoms with Crippen molar-refractivity contribution in [1.82, 2.24) is 30.1 Å². The number of hydrogen-bond donors (Lipinski definition) is 5. The number of amides is 3. The summed E-state index contributed by atoms with van der Waals surface area (Å²) in [6, 6.07) is 4.15. The Hall–Kier alpha value is -4.19. The molecule has 0 radical (unpaired) electrons. The van der Waals surface area contributed by atoms with Gasteiger partial charge in [0, 0.05) is 54.9 Å². The van der Waals surface area contributed by atoms with Gasteiger partial charge in [0.2, 0.25) is 17.7 Å². The van der Waals surface area contributed by atoms with Gasteiger partial charge in [-0.15, -0.1) is 0 Å². The molecule has 4 heterocycles. The standard InChI is InChI=1S/C27H33N7O5/c28-19(12-17-14-29-15-31-17)24(35)32-21(11-16-13-30-20-6-2-1-5-18(16)20)25(36)33-9-3-7-22(33)26(37)34-10-4-8-23(34)27(38)39/h1-2,5-6,13-15,19,21-23,30H,3-4,7-12,28H2,(H,29,31)(H,32,35)(H,38,39). The number of H-pyrrole nitrogens is 2. The number of carboxylic acid groups (broad SMARTS) is 1. The fourth-order valence-electron chi connectivity index (χ4n) is 5.69. The van der Waals surface area contributed by atoms with E-state index in [9.17, 15) is 24.3 Å². The molecule has 2 saturated heterocycles. The molecule has 0 saturated carbocycles. The number of likely N-dealkylation sites (tertiary alicyclic amines) is 2. The van der Waals surface area contributed by atoms with E-state index >= 15 is 0 Å². The van der Waals surface area contributed by atoms with E-state index in [1.807, 2.05) is 30.5 Å². The lowest BCUT2D eigenvalue weighted by molar-refractivity contribution is -0.152. The van der Waals surface area contributed by atoms with Crippen LogP contribution in [0.4, 0.5) is 0 Å². The number of aliphatic carboxylic acids is 1. The summed E-state index contributed by atoms with van der Waals surface area (Å²) in [6.07, 6.45) is 7.39. The van der Waals surface area contributed by atoms with E-state index in [0.29, 0.717) is 44.5 Å². The van der Waals surface area contributed by atoms with Gasteiger partial charge in [0.15, 0.2) is 0 Å². The number of carbonyl (C=O) groups is 4. The van der Waals surface area contributed by atoms with Crippen LogP contribution in [0, 0.1) is 0 Å². The highest BCUT2D eigenvalue weighted by atomic mass is 16.4. The van der Waals surface area contributed by atoms with Crippen LogP contribution < -0.4 is 11.1 Å². The van der Waals surface area contributed by atoms with Crippen LogP contribution in [0.15, 0.2) is 43.0 Å². The number of imidazole rings is 1. The highest BCUT2D eigenvalue weighted by Gasteiger charge is 2.43. The zero-order valence-electron chi connectivity index (χ0n) is 21.5. The van der Waals surface area contributed by atoms with Gasteiger partial charge in [-0.3, -0.25) is 14.4 Å². The first kappa shape index (κ1) is 26.4. The van der Waals surface area contributed by atoms with Crippen molar-refractivity contribution in [3.63, 3.8) is 0 Å². The third-order valence-corrected chi connectivity index (χ3v) is 7.69. The number of rotatable bonds is 9. The van der Waals surface area contributed by atoms with Crippen LogP contribution in [0.3, 0.4) is 0 Å². The quantitative estimate of drug-likeness (QED) is 0.266. The molecule has 0 spiro atoms. The summed E-state index contributed by atoms with van der Waals surface area (Å²) in [5.74, 6) is -2.26. The van der Waals surface area contributed by atoms with Gasteiger partial charge in [0.1, 0.15) is 18.1 Å². The molecule has 3 aromatic rings. The number of fused-ring (bicyclic) bond motifs is 1. The van der Waals surface area contributed by atoms with Gasteiger partial charge >= 0.3 is 5.97 Å². The maximum absolute atomic E-state index is 14.0. The minimum absolute atomic E-state index is 0.199. The van der Waals surface area contributed by atoms with E-state index < -0.39 is 36.0 Å². The summed E-state index contributed by atoms with van der Waals surface area (Å²) in [5.41, 5.74) is 8.62. The molecule has 206 valence electrons. The molecule has 1 aromatic carbocycles. The molecule has 12 nitrogen and oxygen atoms in total. The van der Waals surface area contributed by atoms with Gasteiger partial charge in [-0.25, -0.2) is 9.78 Å². The summed E-state index contributed by atoms with van der Waals surface area (Å²) in [7, 11) is 0. The van der Waals surface area contributed by atoms with Crippen molar-refractivity contribution < 1.29 is 24.3 Å². The Morgan fingerprint density at radius 1 is 1.05 bits per heavy atom. The van der Waals surface area contributed by atoms with E-state index in [1.54, 1.807) is 6.20 Å². The molecule has 4 atom stereocenters. The zero-order valence-corrected chi connectivity index (χ0v) is 21.5. The van der Waals surface area contributed by atoms with Gasteiger partial charge in [-0.05, 0) is 37.3 Å². The monoisotopic (exact) mass is 535 g/mol. The SMILES string of the molecule is NC(Cc1cnc[nH]1)C(=O)NC(Cc1c[nH]c2ccccc12)C(=O)N1CCCC1C(=O)N1CCCC1C(=O)O. The first-order chi connectivity index (χ1) is 18.8. The summed E-state index contributed by atoms with van der Waals surface area (Å²) in [6.45, 7) is 0.702. The number of nitrogens with zero attached hydrogens (tertiary/aromatic N) is 3. The summed E-state index contributed by atoms with van der Waals surface area (Å²) >= 11 is 0. The second-order valence-electron chi connectivity index (χ2n) is 10.2. The van der Waals surface area contributed by atoms with E-state index in [-0.39, 0.29) is 24.7 Å². The minimum atomic E-state index is -1.03. The number of aromatic amines is 2. The number of carbonyl (C=O) groups excluding carboxylic acids is 3. The summed E-state index contributed by atoms with van der Waals surface area (Å²) in [5, 5.41) is 13.3. The molecule has 12 heteroatoms. The normalized spacial score (nSPS) is 20.7. The maximum atomic E-state index is 14.0. The summed E-state index contributed by atoms with van der Waals surface area (Å²) < 4.78 is 0. The molecule has 2 aliphatic heterocycles. The van der Waals surface area contributed by atoms with Gasteiger partial charge < -0.3 is 35.9 Å². The van der Waals surface area contributed by atoms with Crippen molar-refractivity contribution in [3.8, 4) is 0 Å². The second-order valence-corrected chi connectivity index (χ2v) is 10.2. The lowest BCUT2D eigenvalue weighted by Crippen LogP contribution is -2.57. The van der Waals surface area contributed by atoms with E-state index in [4.69, 9.17) is 5.73 Å². The number of carboxylic acids is 1. The van der Waals surface area contributed by atoms with Gasteiger partial charge in [-0.2, -0.15) is 0 Å². The minimum Gasteiger partial charge on any atom is -0.480 e. The average Bonchev–Trinajstić information content (AvgIpc) is 3.74. The Morgan fingerprint density at radius 2 is 1.79 bits per heavy atom. The van der Waals surface area contributed by atoms with Crippen LogP contribution in [0.25, 0.3) is 10.9 Å². The van der Waals surface area contributed by atoms with E-state index in [2.05, 4.69) is 20.3 Å². The molecular formula is C27H33N7O5. The first-order valence-electron chi connectivity index (χ1n) is 13.3. The smallest absolute Gasteiger partial charge is 0.326 e. The van der Waals surface area contributed by atoms with Crippen molar-refractivity contribution in [3.05, 3.63) is 54.2 Å². The van der Waals surface area contributed by atoms with Crippen LogP contribution in [0.1, 0.15) is 36.9 Å². The van der Waals surface area contributed by atoms with Gasteiger partial charge in [0.25, 0.3) is 0 Å². The third-order valence-electron chi connectivity index (χ3n) is 7.69. The molecule has 2 aromatic heterocycles. The van der Waals surface area contributed by atoms with Gasteiger partial charge in [-0.1, -0.05) is 18.2 Å². The number of aromatic nitrogens is 3. The molecule has 0 aliphatic carbocycles. The fraction of sp³-hybridized carbons (Fsp3) is 0.444. The molecule has 0 bridgehead atoms. The highest BCUT2D eigenvalue weighted by molar-refractivity contribution is 5.95. The van der Waals surface area contributed by atoms with Crippen molar-refractivity contribution in [1.29, 1.82) is 0 Å². The molecule has 3 amide bonds. The Bertz CT molecular complexity index is 1350. The molecule has 5 rings (SSSR count). The average molecular weight is 536 g/mol. The van der Waals surface area contributed by atoms with E-state index in [0.717, 1.165) is 16.5 Å². The van der Waals surface area contributed by atoms with Crippen LogP contribution in [-0.4, -0.2) is 90.8 Å². The lowest BCUT2D eigenvalue weighted by Gasteiger charge is -2.32. The lowest BCUT2D eigenvalue weighted by atomic mass is 10.0. The van der Waals surface area contributed by atoms with Crippen LogP contribution in [0.5, 0.6) is 0 Å².